The van der Waals surface area contributed by atoms with Gasteiger partial charge in [0.1, 0.15) is 0 Å². The number of benzene rings is 1. The molecule has 0 bridgehead atoms. The van der Waals surface area contributed by atoms with Crippen molar-refractivity contribution in [2.24, 2.45) is 5.73 Å². The highest BCUT2D eigenvalue weighted by Crippen LogP contribution is 2.07. The zero-order chi connectivity index (χ0) is 15.8. The van der Waals surface area contributed by atoms with Crippen molar-refractivity contribution < 1.29 is 4.79 Å². The Morgan fingerprint density at radius 1 is 1.27 bits per heavy atom. The van der Waals surface area contributed by atoms with E-state index in [1.165, 1.54) is 5.56 Å². The SMILES string of the molecule is NCCN(CCc1ccccc1)C(=O)CCn1cc(Cl)cn1. The molecular weight excluding hydrogens is 300 g/mol. The van der Waals surface area contributed by atoms with Gasteiger partial charge in [-0.05, 0) is 12.0 Å². The van der Waals surface area contributed by atoms with E-state index >= 15 is 0 Å². The Morgan fingerprint density at radius 2 is 2.05 bits per heavy atom. The molecule has 1 aromatic carbocycles. The van der Waals surface area contributed by atoms with Crippen molar-refractivity contribution in [3.8, 4) is 0 Å². The van der Waals surface area contributed by atoms with E-state index in [2.05, 4.69) is 17.2 Å². The molecule has 118 valence electrons. The maximum Gasteiger partial charge on any atom is 0.224 e. The summed E-state index contributed by atoms with van der Waals surface area (Å²) in [7, 11) is 0. The van der Waals surface area contributed by atoms with Gasteiger partial charge in [-0.1, -0.05) is 41.9 Å². The Hall–Kier alpha value is -1.85. The Balaban J connectivity index is 1.84. The summed E-state index contributed by atoms with van der Waals surface area (Å²) < 4.78 is 1.68. The number of nitrogens with two attached hydrogens (primary N) is 1. The summed E-state index contributed by atoms with van der Waals surface area (Å²) in [6.07, 6.45) is 4.51. The molecule has 22 heavy (non-hydrogen) atoms. The fraction of sp³-hybridized carbons (Fsp3) is 0.375. The van der Waals surface area contributed by atoms with Crippen LogP contribution in [0.2, 0.25) is 5.02 Å². The molecule has 2 rings (SSSR count). The third-order valence-corrected chi connectivity index (χ3v) is 3.62. The minimum absolute atomic E-state index is 0.0907. The molecule has 2 aromatic rings. The van der Waals surface area contributed by atoms with E-state index < -0.39 is 0 Å². The third kappa shape index (κ3) is 5.16. The van der Waals surface area contributed by atoms with E-state index in [9.17, 15) is 4.79 Å². The predicted molar refractivity (Wildman–Crippen MR) is 87.6 cm³/mol. The molecule has 5 nitrogen and oxygen atoms in total. The number of amides is 1. The van der Waals surface area contributed by atoms with Crippen LogP contribution in [0.5, 0.6) is 0 Å². The van der Waals surface area contributed by atoms with Gasteiger partial charge in [-0.2, -0.15) is 5.10 Å². The van der Waals surface area contributed by atoms with Gasteiger partial charge < -0.3 is 10.6 Å². The summed E-state index contributed by atoms with van der Waals surface area (Å²) in [4.78, 5) is 14.1. The van der Waals surface area contributed by atoms with Crippen LogP contribution in [0.25, 0.3) is 0 Å². The number of carbonyl (C=O) groups excluding carboxylic acids is 1. The van der Waals surface area contributed by atoms with Crippen LogP contribution < -0.4 is 5.73 Å². The molecule has 0 atom stereocenters. The maximum atomic E-state index is 12.3. The molecule has 0 spiro atoms. The minimum atomic E-state index is 0.0907. The second-order valence-corrected chi connectivity index (χ2v) is 5.51. The van der Waals surface area contributed by atoms with Crippen LogP contribution in [0.4, 0.5) is 0 Å². The monoisotopic (exact) mass is 320 g/mol. The lowest BCUT2D eigenvalue weighted by atomic mass is 10.1. The van der Waals surface area contributed by atoms with Crippen LogP contribution in [0.1, 0.15) is 12.0 Å². The van der Waals surface area contributed by atoms with Gasteiger partial charge in [0.15, 0.2) is 0 Å². The predicted octanol–water partition coefficient (Wildman–Crippen LogP) is 1.96. The Kier molecular flexibility index (Phi) is 6.43. The van der Waals surface area contributed by atoms with Crippen molar-refractivity contribution in [2.75, 3.05) is 19.6 Å². The number of hydrogen-bond acceptors (Lipinski definition) is 3. The summed E-state index contributed by atoms with van der Waals surface area (Å²) in [6, 6.07) is 10.1. The van der Waals surface area contributed by atoms with Crippen molar-refractivity contribution in [3.05, 3.63) is 53.3 Å². The van der Waals surface area contributed by atoms with Crippen molar-refractivity contribution in [3.63, 3.8) is 0 Å². The summed E-state index contributed by atoms with van der Waals surface area (Å²) >= 11 is 5.81. The molecule has 1 heterocycles. The number of nitrogens with zero attached hydrogens (tertiary/aromatic N) is 3. The standard InChI is InChI=1S/C16H21ClN4O/c17-15-12-19-21(13-15)10-7-16(22)20(11-8-18)9-6-14-4-2-1-3-5-14/h1-5,12-13H,6-11,18H2. The molecule has 0 fully saturated rings. The highest BCUT2D eigenvalue weighted by molar-refractivity contribution is 6.30. The zero-order valence-electron chi connectivity index (χ0n) is 12.5. The fourth-order valence-corrected chi connectivity index (χ4v) is 2.41. The first-order valence-electron chi connectivity index (χ1n) is 7.39. The highest BCUT2D eigenvalue weighted by Gasteiger charge is 2.13. The second kappa shape index (κ2) is 8.56. The number of aryl methyl sites for hydroxylation is 1. The molecule has 0 radical (unpaired) electrons. The Labute approximate surface area is 135 Å². The van der Waals surface area contributed by atoms with Gasteiger partial charge in [-0.25, -0.2) is 0 Å². The molecular formula is C16H21ClN4O. The van der Waals surface area contributed by atoms with Gasteiger partial charge in [0.2, 0.25) is 5.91 Å². The number of aromatic nitrogens is 2. The summed E-state index contributed by atoms with van der Waals surface area (Å²) in [5.41, 5.74) is 6.84. The Bertz CT molecular complexity index is 585. The number of carbonyl (C=O) groups is 1. The number of halogens is 1. The first kappa shape index (κ1) is 16.5. The van der Waals surface area contributed by atoms with E-state index in [-0.39, 0.29) is 5.91 Å². The van der Waals surface area contributed by atoms with Gasteiger partial charge >= 0.3 is 0 Å². The molecule has 0 saturated carbocycles. The van der Waals surface area contributed by atoms with Crippen molar-refractivity contribution >= 4 is 17.5 Å². The lowest BCUT2D eigenvalue weighted by Crippen LogP contribution is -2.37. The Morgan fingerprint density at radius 3 is 2.68 bits per heavy atom. The molecule has 1 amide bonds. The molecule has 0 aliphatic heterocycles. The topological polar surface area (TPSA) is 64.2 Å². The number of rotatable bonds is 8. The van der Waals surface area contributed by atoms with Crippen LogP contribution >= 0.6 is 11.6 Å². The first-order chi connectivity index (χ1) is 10.7. The second-order valence-electron chi connectivity index (χ2n) is 5.08. The molecule has 1 aromatic heterocycles. The fourth-order valence-electron chi connectivity index (χ4n) is 2.25. The lowest BCUT2D eigenvalue weighted by Gasteiger charge is -2.22. The van der Waals surface area contributed by atoms with Gasteiger partial charge in [0.25, 0.3) is 0 Å². The van der Waals surface area contributed by atoms with Gasteiger partial charge in [-0.3, -0.25) is 9.48 Å². The van der Waals surface area contributed by atoms with Crippen LogP contribution in [-0.4, -0.2) is 40.2 Å². The summed E-state index contributed by atoms with van der Waals surface area (Å²) in [5, 5.41) is 4.65. The van der Waals surface area contributed by atoms with Crippen molar-refractivity contribution in [1.29, 1.82) is 0 Å². The van der Waals surface area contributed by atoms with Gasteiger partial charge in [0.05, 0.1) is 11.2 Å². The molecule has 0 saturated heterocycles. The number of hydrogen-bond donors (Lipinski definition) is 1. The molecule has 2 N–H and O–H groups in total. The first-order valence-corrected chi connectivity index (χ1v) is 7.76. The van der Waals surface area contributed by atoms with Crippen LogP contribution in [0, 0.1) is 0 Å². The lowest BCUT2D eigenvalue weighted by molar-refractivity contribution is -0.131. The van der Waals surface area contributed by atoms with E-state index in [1.807, 2.05) is 23.1 Å². The van der Waals surface area contributed by atoms with Crippen LogP contribution in [0.15, 0.2) is 42.7 Å². The summed E-state index contributed by atoms with van der Waals surface area (Å²) in [6.45, 7) is 2.25. The zero-order valence-corrected chi connectivity index (χ0v) is 13.2. The van der Waals surface area contributed by atoms with Crippen LogP contribution in [0.3, 0.4) is 0 Å². The quantitative estimate of drug-likeness (QED) is 0.808. The normalized spacial score (nSPS) is 10.6. The van der Waals surface area contributed by atoms with Crippen LogP contribution in [-0.2, 0) is 17.8 Å². The van der Waals surface area contributed by atoms with Crippen molar-refractivity contribution in [1.82, 2.24) is 14.7 Å². The highest BCUT2D eigenvalue weighted by atomic mass is 35.5. The smallest absolute Gasteiger partial charge is 0.224 e. The molecule has 6 heteroatoms. The molecule has 0 unspecified atom stereocenters. The van der Waals surface area contributed by atoms with Gasteiger partial charge in [-0.15, -0.1) is 0 Å². The van der Waals surface area contributed by atoms with E-state index in [0.29, 0.717) is 37.6 Å². The summed E-state index contributed by atoms with van der Waals surface area (Å²) in [5.74, 6) is 0.0907. The van der Waals surface area contributed by atoms with E-state index in [1.54, 1.807) is 17.1 Å². The average molecular weight is 321 g/mol. The van der Waals surface area contributed by atoms with Gasteiger partial charge in [0, 0.05) is 38.8 Å². The van der Waals surface area contributed by atoms with E-state index in [4.69, 9.17) is 17.3 Å². The van der Waals surface area contributed by atoms with E-state index in [0.717, 1.165) is 6.42 Å². The largest absolute Gasteiger partial charge is 0.341 e. The average Bonchev–Trinajstić information content (AvgIpc) is 2.95. The molecule has 0 aliphatic rings. The van der Waals surface area contributed by atoms with Crippen molar-refractivity contribution in [2.45, 2.75) is 19.4 Å². The maximum absolute atomic E-state index is 12.3. The molecule has 0 aliphatic carbocycles. The minimum Gasteiger partial charge on any atom is -0.341 e. The third-order valence-electron chi connectivity index (χ3n) is 3.42.